The van der Waals surface area contributed by atoms with Gasteiger partial charge >= 0.3 is 0 Å². The molecule has 0 bridgehead atoms. The van der Waals surface area contributed by atoms with E-state index in [0.717, 1.165) is 16.8 Å². The second kappa shape index (κ2) is 7.82. The van der Waals surface area contributed by atoms with Crippen molar-refractivity contribution in [1.29, 1.82) is 0 Å². The predicted octanol–water partition coefficient (Wildman–Crippen LogP) is 3.68. The highest BCUT2D eigenvalue weighted by Crippen LogP contribution is 2.25. The number of rotatable bonds is 6. The summed E-state index contributed by atoms with van der Waals surface area (Å²) >= 11 is 0. The number of hydrogen-bond donors (Lipinski definition) is 1. The van der Waals surface area contributed by atoms with Crippen LogP contribution in [0.4, 0.5) is 0 Å². The maximum atomic E-state index is 12.5. The fourth-order valence-electron chi connectivity index (χ4n) is 2.60. The number of carbonyl (C=O) groups excluding carboxylic acids is 1. The molecule has 26 heavy (non-hydrogen) atoms. The number of nitrogens with one attached hydrogen (secondary N) is 1. The number of carbonyl (C=O) groups is 1. The molecule has 0 saturated heterocycles. The van der Waals surface area contributed by atoms with Crippen molar-refractivity contribution in [3.05, 3.63) is 65.0 Å². The number of benzene rings is 1. The Morgan fingerprint density at radius 3 is 2.65 bits per heavy atom. The minimum absolute atomic E-state index is 0.260. The van der Waals surface area contributed by atoms with E-state index in [2.05, 4.69) is 15.5 Å². The molecule has 0 aliphatic rings. The molecule has 6 nitrogen and oxygen atoms in total. The first-order valence-electron chi connectivity index (χ1n) is 8.49. The molecule has 0 unspecified atom stereocenters. The van der Waals surface area contributed by atoms with E-state index >= 15 is 0 Å². The third-order valence-corrected chi connectivity index (χ3v) is 4.00. The van der Waals surface area contributed by atoms with Crippen LogP contribution in [0.2, 0.25) is 0 Å². The lowest BCUT2D eigenvalue weighted by Gasteiger charge is -2.10. The zero-order chi connectivity index (χ0) is 18.5. The molecule has 0 radical (unpaired) electrons. The molecule has 2 aromatic heterocycles. The number of ether oxygens (including phenoxy) is 1. The van der Waals surface area contributed by atoms with Crippen molar-refractivity contribution in [2.45, 2.75) is 27.3 Å². The summed E-state index contributed by atoms with van der Waals surface area (Å²) in [4.78, 5) is 16.8. The second-order valence-corrected chi connectivity index (χ2v) is 5.87. The molecule has 0 spiro atoms. The van der Waals surface area contributed by atoms with Gasteiger partial charge in [0, 0.05) is 16.8 Å². The summed E-state index contributed by atoms with van der Waals surface area (Å²) in [5, 5.41) is 6.95. The number of pyridine rings is 1. The average Bonchev–Trinajstić information content (AvgIpc) is 3.01. The van der Waals surface area contributed by atoms with E-state index in [0.29, 0.717) is 29.5 Å². The van der Waals surface area contributed by atoms with E-state index in [1.54, 1.807) is 12.1 Å². The lowest BCUT2D eigenvalue weighted by atomic mass is 10.1. The lowest BCUT2D eigenvalue weighted by Crippen LogP contribution is -2.24. The van der Waals surface area contributed by atoms with Gasteiger partial charge in [-0.15, -0.1) is 0 Å². The number of amides is 1. The van der Waals surface area contributed by atoms with Crippen molar-refractivity contribution in [3.8, 4) is 17.2 Å². The summed E-state index contributed by atoms with van der Waals surface area (Å²) in [6.07, 6.45) is 0. The van der Waals surface area contributed by atoms with E-state index < -0.39 is 0 Å². The van der Waals surface area contributed by atoms with E-state index in [1.165, 1.54) is 0 Å². The predicted molar refractivity (Wildman–Crippen MR) is 98.0 cm³/mol. The van der Waals surface area contributed by atoms with Crippen LogP contribution in [0.1, 0.15) is 34.2 Å². The first-order chi connectivity index (χ1) is 12.6. The van der Waals surface area contributed by atoms with Crippen molar-refractivity contribution in [1.82, 2.24) is 15.5 Å². The Balaban J connectivity index is 1.74. The molecule has 1 amide bonds. The molecule has 0 atom stereocenters. The minimum Gasteiger partial charge on any atom is -0.477 e. The van der Waals surface area contributed by atoms with Crippen molar-refractivity contribution in [2.24, 2.45) is 0 Å². The Bertz CT molecular complexity index is 904. The van der Waals surface area contributed by atoms with Crippen LogP contribution in [0, 0.1) is 13.8 Å². The average molecular weight is 351 g/mol. The Morgan fingerprint density at radius 1 is 1.15 bits per heavy atom. The summed E-state index contributed by atoms with van der Waals surface area (Å²) in [5.41, 5.74) is 3.75. The standard InChI is InChI=1S/C20H21N3O3/c1-4-25-20-16(11-10-13(2)22-20)19(24)21-12-17-14(3)18(26-23-17)15-8-6-5-7-9-15/h5-11H,4,12H2,1-3H3,(H,21,24). The van der Waals surface area contributed by atoms with Crippen LogP contribution in [0.25, 0.3) is 11.3 Å². The summed E-state index contributed by atoms with van der Waals surface area (Å²) in [6, 6.07) is 13.3. The van der Waals surface area contributed by atoms with Gasteiger partial charge in [-0.2, -0.15) is 0 Å². The molecule has 3 rings (SSSR count). The lowest BCUT2D eigenvalue weighted by molar-refractivity contribution is 0.0945. The highest BCUT2D eigenvalue weighted by Gasteiger charge is 2.17. The maximum absolute atomic E-state index is 12.5. The van der Waals surface area contributed by atoms with E-state index in [4.69, 9.17) is 9.26 Å². The van der Waals surface area contributed by atoms with Gasteiger partial charge in [0.1, 0.15) is 11.3 Å². The largest absolute Gasteiger partial charge is 0.477 e. The number of nitrogens with zero attached hydrogens (tertiary/aromatic N) is 2. The van der Waals surface area contributed by atoms with Gasteiger partial charge in [-0.05, 0) is 32.9 Å². The van der Waals surface area contributed by atoms with Gasteiger partial charge in [0.15, 0.2) is 5.76 Å². The van der Waals surface area contributed by atoms with Gasteiger partial charge in [0.05, 0.1) is 13.2 Å². The molecule has 0 aliphatic heterocycles. The van der Waals surface area contributed by atoms with Crippen LogP contribution in [0.3, 0.4) is 0 Å². The maximum Gasteiger partial charge on any atom is 0.257 e. The molecular formula is C20H21N3O3. The van der Waals surface area contributed by atoms with Gasteiger partial charge in [-0.3, -0.25) is 4.79 Å². The quantitative estimate of drug-likeness (QED) is 0.733. The first kappa shape index (κ1) is 17.7. The smallest absolute Gasteiger partial charge is 0.257 e. The molecule has 6 heteroatoms. The number of aromatic nitrogens is 2. The van der Waals surface area contributed by atoms with Crippen LogP contribution >= 0.6 is 0 Å². The van der Waals surface area contributed by atoms with Crippen molar-refractivity contribution in [3.63, 3.8) is 0 Å². The topological polar surface area (TPSA) is 77.2 Å². The Kier molecular flexibility index (Phi) is 5.31. The first-order valence-corrected chi connectivity index (χ1v) is 8.49. The summed E-state index contributed by atoms with van der Waals surface area (Å²) in [5.74, 6) is 0.790. The van der Waals surface area contributed by atoms with Crippen molar-refractivity contribution >= 4 is 5.91 Å². The summed E-state index contributed by atoms with van der Waals surface area (Å²) < 4.78 is 10.9. The van der Waals surface area contributed by atoms with Crippen LogP contribution in [0.15, 0.2) is 47.0 Å². The fraction of sp³-hybridized carbons (Fsp3) is 0.250. The van der Waals surface area contributed by atoms with Gasteiger partial charge in [0.2, 0.25) is 5.88 Å². The van der Waals surface area contributed by atoms with E-state index in [9.17, 15) is 4.79 Å². The number of aryl methyl sites for hydroxylation is 1. The Hall–Kier alpha value is -3.15. The summed E-state index contributed by atoms with van der Waals surface area (Å²) in [7, 11) is 0. The zero-order valence-electron chi connectivity index (χ0n) is 15.1. The molecule has 3 aromatic rings. The summed E-state index contributed by atoms with van der Waals surface area (Å²) in [6.45, 7) is 6.35. The Labute approximate surface area is 152 Å². The molecule has 2 heterocycles. The second-order valence-electron chi connectivity index (χ2n) is 5.87. The Morgan fingerprint density at radius 2 is 1.92 bits per heavy atom. The van der Waals surface area contributed by atoms with Crippen molar-refractivity contribution < 1.29 is 14.1 Å². The van der Waals surface area contributed by atoms with E-state index in [1.807, 2.05) is 51.1 Å². The molecule has 0 fully saturated rings. The fourth-order valence-corrected chi connectivity index (χ4v) is 2.60. The monoisotopic (exact) mass is 351 g/mol. The molecule has 134 valence electrons. The van der Waals surface area contributed by atoms with Crippen LogP contribution in [0.5, 0.6) is 5.88 Å². The highest BCUT2D eigenvalue weighted by atomic mass is 16.5. The van der Waals surface area contributed by atoms with Crippen LogP contribution in [-0.4, -0.2) is 22.7 Å². The molecule has 1 aromatic carbocycles. The highest BCUT2D eigenvalue weighted by molar-refractivity contribution is 5.96. The number of hydrogen-bond acceptors (Lipinski definition) is 5. The molecular weight excluding hydrogens is 330 g/mol. The SMILES string of the molecule is CCOc1nc(C)ccc1C(=O)NCc1noc(-c2ccccc2)c1C. The molecule has 1 N–H and O–H groups in total. The van der Waals surface area contributed by atoms with Crippen LogP contribution in [-0.2, 0) is 6.54 Å². The zero-order valence-corrected chi connectivity index (χ0v) is 15.1. The van der Waals surface area contributed by atoms with Gasteiger partial charge < -0.3 is 14.6 Å². The third-order valence-electron chi connectivity index (χ3n) is 4.00. The van der Waals surface area contributed by atoms with Gasteiger partial charge in [0.25, 0.3) is 5.91 Å². The van der Waals surface area contributed by atoms with E-state index in [-0.39, 0.29) is 12.5 Å². The minimum atomic E-state index is -0.260. The van der Waals surface area contributed by atoms with Crippen LogP contribution < -0.4 is 10.1 Å². The molecule has 0 saturated carbocycles. The third kappa shape index (κ3) is 3.74. The van der Waals surface area contributed by atoms with Gasteiger partial charge in [-0.1, -0.05) is 35.5 Å². The van der Waals surface area contributed by atoms with Gasteiger partial charge in [-0.25, -0.2) is 4.98 Å². The van der Waals surface area contributed by atoms with Crippen molar-refractivity contribution in [2.75, 3.05) is 6.61 Å². The normalized spacial score (nSPS) is 10.6. The molecule has 0 aliphatic carbocycles.